The molecule has 1 fully saturated rings. The van der Waals surface area contributed by atoms with E-state index in [4.69, 9.17) is 11.6 Å². The van der Waals surface area contributed by atoms with Crippen LogP contribution in [0.2, 0.25) is 5.02 Å². The highest BCUT2D eigenvalue weighted by molar-refractivity contribution is 6.31. The predicted molar refractivity (Wildman–Crippen MR) is 88.0 cm³/mol. The summed E-state index contributed by atoms with van der Waals surface area (Å²) < 4.78 is 0. The Bertz CT molecular complexity index is 645. The molecular formula is C18H19ClN2O. The van der Waals surface area contributed by atoms with Gasteiger partial charge in [0, 0.05) is 42.0 Å². The number of pyridine rings is 1. The molecule has 1 aromatic heterocycles. The fourth-order valence-electron chi connectivity index (χ4n) is 3.04. The zero-order valence-corrected chi connectivity index (χ0v) is 13.2. The number of benzene rings is 1. The lowest BCUT2D eigenvalue weighted by atomic mass is 9.90. The second-order valence-corrected chi connectivity index (χ2v) is 6.25. The van der Waals surface area contributed by atoms with Crippen LogP contribution >= 0.6 is 11.6 Å². The number of carbonyl (C=O) groups is 1. The van der Waals surface area contributed by atoms with Gasteiger partial charge in [0.2, 0.25) is 0 Å². The molecule has 1 saturated heterocycles. The van der Waals surface area contributed by atoms with Crippen molar-refractivity contribution in [2.24, 2.45) is 5.92 Å². The van der Waals surface area contributed by atoms with Crippen LogP contribution < -0.4 is 0 Å². The van der Waals surface area contributed by atoms with Crippen molar-refractivity contribution in [1.29, 1.82) is 0 Å². The van der Waals surface area contributed by atoms with Crippen LogP contribution in [0.4, 0.5) is 0 Å². The standard InChI is InChI=1S/C18H19ClN2O/c19-17-7-1-5-15(10-17)18(22)16-6-3-9-21(13-16)12-14-4-2-8-20-11-14/h1-2,4-5,7-8,10-11,16H,3,6,9,12-13H2/t16-/m1/s1. The molecule has 0 N–H and O–H groups in total. The fourth-order valence-corrected chi connectivity index (χ4v) is 3.23. The molecule has 0 spiro atoms. The van der Waals surface area contributed by atoms with E-state index in [1.54, 1.807) is 18.3 Å². The number of piperidine rings is 1. The molecule has 114 valence electrons. The van der Waals surface area contributed by atoms with E-state index in [-0.39, 0.29) is 11.7 Å². The average Bonchev–Trinajstić information content (AvgIpc) is 2.55. The highest BCUT2D eigenvalue weighted by Gasteiger charge is 2.26. The van der Waals surface area contributed by atoms with Crippen LogP contribution in [0.3, 0.4) is 0 Å². The summed E-state index contributed by atoms with van der Waals surface area (Å²) in [5.74, 6) is 0.266. The van der Waals surface area contributed by atoms with E-state index in [9.17, 15) is 4.79 Å². The summed E-state index contributed by atoms with van der Waals surface area (Å²) in [6.07, 6.45) is 5.68. The molecular weight excluding hydrogens is 296 g/mol. The molecule has 2 heterocycles. The molecule has 3 rings (SSSR count). The highest BCUT2D eigenvalue weighted by Crippen LogP contribution is 2.23. The van der Waals surface area contributed by atoms with Crippen molar-refractivity contribution >= 4 is 17.4 Å². The summed E-state index contributed by atoms with van der Waals surface area (Å²) in [4.78, 5) is 19.1. The third-order valence-electron chi connectivity index (χ3n) is 4.11. The Hall–Kier alpha value is -1.71. The Morgan fingerprint density at radius 1 is 1.32 bits per heavy atom. The number of hydrogen-bond donors (Lipinski definition) is 0. The van der Waals surface area contributed by atoms with E-state index in [0.29, 0.717) is 5.02 Å². The van der Waals surface area contributed by atoms with Gasteiger partial charge >= 0.3 is 0 Å². The number of likely N-dealkylation sites (tertiary alicyclic amines) is 1. The second kappa shape index (κ2) is 7.03. The van der Waals surface area contributed by atoms with Gasteiger partial charge in [-0.05, 0) is 43.1 Å². The van der Waals surface area contributed by atoms with Crippen molar-refractivity contribution in [1.82, 2.24) is 9.88 Å². The molecule has 1 aliphatic rings. The van der Waals surface area contributed by atoms with Gasteiger partial charge in [-0.15, -0.1) is 0 Å². The van der Waals surface area contributed by atoms with Crippen LogP contribution in [-0.2, 0) is 6.54 Å². The molecule has 1 atom stereocenters. The highest BCUT2D eigenvalue weighted by atomic mass is 35.5. The topological polar surface area (TPSA) is 33.2 Å². The first kappa shape index (κ1) is 15.2. The van der Waals surface area contributed by atoms with Crippen LogP contribution in [0.5, 0.6) is 0 Å². The van der Waals surface area contributed by atoms with Crippen molar-refractivity contribution in [2.75, 3.05) is 13.1 Å². The van der Waals surface area contributed by atoms with Crippen molar-refractivity contribution in [3.63, 3.8) is 0 Å². The summed E-state index contributed by atoms with van der Waals surface area (Å²) in [6, 6.07) is 11.3. The Morgan fingerprint density at radius 3 is 3.00 bits per heavy atom. The van der Waals surface area contributed by atoms with E-state index < -0.39 is 0 Å². The summed E-state index contributed by atoms with van der Waals surface area (Å²) >= 11 is 5.99. The van der Waals surface area contributed by atoms with Crippen LogP contribution in [-0.4, -0.2) is 28.8 Å². The fraction of sp³-hybridized carbons (Fsp3) is 0.333. The van der Waals surface area contributed by atoms with Gasteiger partial charge in [0.1, 0.15) is 0 Å². The third kappa shape index (κ3) is 3.73. The van der Waals surface area contributed by atoms with Crippen molar-refractivity contribution in [3.05, 3.63) is 64.9 Å². The smallest absolute Gasteiger partial charge is 0.167 e. The minimum absolute atomic E-state index is 0.0592. The molecule has 0 aliphatic carbocycles. The van der Waals surface area contributed by atoms with Crippen molar-refractivity contribution in [2.45, 2.75) is 19.4 Å². The lowest BCUT2D eigenvalue weighted by Gasteiger charge is -2.32. The molecule has 2 aromatic rings. The van der Waals surface area contributed by atoms with E-state index >= 15 is 0 Å². The van der Waals surface area contributed by atoms with E-state index in [1.165, 1.54) is 5.56 Å². The Kier molecular flexibility index (Phi) is 4.86. The lowest BCUT2D eigenvalue weighted by Crippen LogP contribution is -2.38. The minimum Gasteiger partial charge on any atom is -0.298 e. The van der Waals surface area contributed by atoms with Gasteiger partial charge in [-0.3, -0.25) is 14.7 Å². The average molecular weight is 315 g/mol. The van der Waals surface area contributed by atoms with Gasteiger partial charge < -0.3 is 0 Å². The monoisotopic (exact) mass is 314 g/mol. The third-order valence-corrected chi connectivity index (χ3v) is 4.35. The van der Waals surface area contributed by atoms with Crippen molar-refractivity contribution < 1.29 is 4.79 Å². The van der Waals surface area contributed by atoms with Crippen LogP contribution in [0, 0.1) is 5.92 Å². The molecule has 1 aromatic carbocycles. The van der Waals surface area contributed by atoms with Gasteiger partial charge in [0.15, 0.2) is 5.78 Å². The van der Waals surface area contributed by atoms with Gasteiger partial charge in [-0.2, -0.15) is 0 Å². The van der Waals surface area contributed by atoms with Crippen LogP contribution in [0.1, 0.15) is 28.8 Å². The summed E-state index contributed by atoms with van der Waals surface area (Å²) in [7, 11) is 0. The van der Waals surface area contributed by atoms with Crippen LogP contribution in [0.15, 0.2) is 48.8 Å². The molecule has 0 amide bonds. The van der Waals surface area contributed by atoms with E-state index in [0.717, 1.165) is 38.0 Å². The zero-order valence-electron chi connectivity index (χ0n) is 12.4. The molecule has 0 unspecified atom stereocenters. The van der Waals surface area contributed by atoms with Gasteiger partial charge in [-0.25, -0.2) is 0 Å². The number of aromatic nitrogens is 1. The first-order chi connectivity index (χ1) is 10.7. The number of nitrogens with zero attached hydrogens (tertiary/aromatic N) is 2. The quantitative estimate of drug-likeness (QED) is 0.804. The number of Topliss-reactive ketones (excluding diaryl/α,β-unsaturated/α-hetero) is 1. The molecule has 4 heteroatoms. The summed E-state index contributed by atoms with van der Waals surface area (Å²) in [5, 5.41) is 0.619. The number of carbonyl (C=O) groups excluding carboxylic acids is 1. The normalized spacial score (nSPS) is 19.0. The summed E-state index contributed by atoms with van der Waals surface area (Å²) in [5.41, 5.74) is 1.92. The minimum atomic E-state index is 0.0592. The van der Waals surface area contributed by atoms with Gasteiger partial charge in [0.05, 0.1) is 0 Å². The Balaban J connectivity index is 1.66. The van der Waals surface area contributed by atoms with Crippen LogP contribution in [0.25, 0.3) is 0 Å². The summed E-state index contributed by atoms with van der Waals surface area (Å²) in [6.45, 7) is 2.70. The number of halogens is 1. The number of hydrogen-bond acceptors (Lipinski definition) is 3. The maximum Gasteiger partial charge on any atom is 0.167 e. The first-order valence-corrected chi connectivity index (χ1v) is 8.01. The molecule has 0 radical (unpaired) electrons. The molecule has 0 saturated carbocycles. The van der Waals surface area contributed by atoms with E-state index in [2.05, 4.69) is 16.0 Å². The predicted octanol–water partition coefficient (Wildman–Crippen LogP) is 3.83. The number of rotatable bonds is 4. The van der Waals surface area contributed by atoms with Crippen molar-refractivity contribution in [3.8, 4) is 0 Å². The maximum absolute atomic E-state index is 12.7. The Morgan fingerprint density at radius 2 is 2.23 bits per heavy atom. The van der Waals surface area contributed by atoms with Gasteiger partial charge in [-0.1, -0.05) is 29.8 Å². The first-order valence-electron chi connectivity index (χ1n) is 7.63. The molecule has 22 heavy (non-hydrogen) atoms. The molecule has 1 aliphatic heterocycles. The SMILES string of the molecule is O=C(c1cccc(Cl)c1)[C@@H]1CCCN(Cc2cccnc2)C1. The molecule has 0 bridgehead atoms. The number of ketones is 1. The molecule has 3 nitrogen and oxygen atoms in total. The van der Waals surface area contributed by atoms with E-state index in [1.807, 2.05) is 24.4 Å². The maximum atomic E-state index is 12.7. The lowest BCUT2D eigenvalue weighted by molar-refractivity contribution is 0.0811. The zero-order chi connectivity index (χ0) is 15.4. The largest absolute Gasteiger partial charge is 0.298 e. The Labute approximate surface area is 135 Å². The van der Waals surface area contributed by atoms with Gasteiger partial charge in [0.25, 0.3) is 0 Å². The second-order valence-electron chi connectivity index (χ2n) is 5.81.